The van der Waals surface area contributed by atoms with E-state index in [-0.39, 0.29) is 37.9 Å². The SMILES string of the molecule is CC(C)(C)OC(=O)N1CC=CC(O)C1.CC(C)(C)OC(=O)N1CC=C[C@@H](N2c3ccccc3Oc3ccccc32)C1.CC(C)(C)OC(=O)N1C[C@H](O)[C@H](O)[C@@H](N2c3ccccc3Oc3ccccc32)C1.CC(C)(C)OC(=O)OC1C=CCN(C(=O)OC(C)(C)C)C1.c1ccc2c(c1)Nc1ccccc1O2. The molecule has 4 amide bonds. The van der Waals surface area contributed by atoms with E-state index in [2.05, 4.69) is 16.3 Å². The van der Waals surface area contributed by atoms with Crippen LogP contribution < -0.4 is 29.3 Å². The summed E-state index contributed by atoms with van der Waals surface area (Å²) in [6.07, 6.45) is 5.54. The molecule has 4 N–H and O–H groups in total. The Balaban J connectivity index is 0.000000157. The highest BCUT2D eigenvalue weighted by Crippen LogP contribution is 2.50. The van der Waals surface area contributed by atoms with Crippen LogP contribution in [0.15, 0.2) is 182 Å². The molecule has 1 fully saturated rings. The highest BCUT2D eigenvalue weighted by Gasteiger charge is 2.44. The number of benzene rings is 6. The van der Waals surface area contributed by atoms with Crippen LogP contribution in [-0.2, 0) is 28.4 Å². The summed E-state index contributed by atoms with van der Waals surface area (Å²) in [5, 5.41) is 34.0. The van der Waals surface area contributed by atoms with Gasteiger partial charge in [0.2, 0.25) is 0 Å². The lowest BCUT2D eigenvalue weighted by atomic mass is 9.96. The van der Waals surface area contributed by atoms with Crippen molar-refractivity contribution in [2.75, 3.05) is 67.5 Å². The molecule has 0 aromatic heterocycles. The zero-order valence-electron chi connectivity index (χ0n) is 62.7. The molecule has 0 aliphatic carbocycles. The van der Waals surface area contributed by atoms with Gasteiger partial charge in [0.05, 0.1) is 78.1 Å². The average molecular weight is 1440 g/mol. The van der Waals surface area contributed by atoms with Crippen molar-refractivity contribution in [3.05, 3.63) is 182 Å². The van der Waals surface area contributed by atoms with E-state index in [4.69, 9.17) is 42.6 Å². The van der Waals surface area contributed by atoms with E-state index in [1.54, 1.807) is 91.5 Å². The third-order valence-corrected chi connectivity index (χ3v) is 16.0. The van der Waals surface area contributed by atoms with Gasteiger partial charge in [0.1, 0.15) is 40.2 Å². The van der Waals surface area contributed by atoms with Crippen LogP contribution in [0.3, 0.4) is 0 Å². The normalized spacial score (nSPS) is 19.7. The number of amides is 4. The molecule has 0 bridgehead atoms. The Morgan fingerprint density at radius 3 is 1.14 bits per heavy atom. The lowest BCUT2D eigenvalue weighted by molar-refractivity contribution is -0.0563. The Hall–Kier alpha value is -10.4. The van der Waals surface area contributed by atoms with Crippen molar-refractivity contribution in [2.45, 2.75) is 168 Å². The molecule has 6 aromatic carbocycles. The number of anilines is 6. The van der Waals surface area contributed by atoms with Crippen molar-refractivity contribution in [2.24, 2.45) is 0 Å². The van der Waals surface area contributed by atoms with Crippen molar-refractivity contribution in [1.29, 1.82) is 0 Å². The van der Waals surface area contributed by atoms with Gasteiger partial charge in [-0.15, -0.1) is 0 Å². The summed E-state index contributed by atoms with van der Waals surface area (Å²) in [6.45, 7) is 30.0. The Labute approximate surface area is 615 Å². The van der Waals surface area contributed by atoms with Crippen LogP contribution in [0.5, 0.6) is 34.5 Å². The summed E-state index contributed by atoms with van der Waals surface area (Å²) < 4.78 is 49.6. The summed E-state index contributed by atoms with van der Waals surface area (Å²) in [6, 6.07) is 46.3. The molecule has 24 nitrogen and oxygen atoms in total. The zero-order valence-corrected chi connectivity index (χ0v) is 62.7. The summed E-state index contributed by atoms with van der Waals surface area (Å²) in [7, 11) is 0. The summed E-state index contributed by atoms with van der Waals surface area (Å²) in [5.41, 5.74) is 2.77. The molecule has 7 heterocycles. The third-order valence-electron chi connectivity index (χ3n) is 16.0. The minimum atomic E-state index is -1.09. The van der Waals surface area contributed by atoms with E-state index in [9.17, 15) is 39.3 Å². The van der Waals surface area contributed by atoms with E-state index in [1.807, 2.05) is 198 Å². The van der Waals surface area contributed by atoms with E-state index in [0.29, 0.717) is 44.2 Å². The molecule has 0 spiro atoms. The molecule has 562 valence electrons. The van der Waals surface area contributed by atoms with Crippen molar-refractivity contribution < 1.29 is 81.9 Å². The number of carbonyl (C=O) groups is 5. The van der Waals surface area contributed by atoms with Gasteiger partial charge < -0.3 is 92.7 Å². The molecular formula is C81H101N7O17. The van der Waals surface area contributed by atoms with Gasteiger partial charge in [-0.3, -0.25) is 0 Å². The number of hydrogen-bond donors (Lipinski definition) is 4. The largest absolute Gasteiger partial charge is 0.509 e. The number of hydrogen-bond acceptors (Lipinski definition) is 20. The number of para-hydroxylation sites is 12. The first kappa shape index (κ1) is 78.7. The van der Waals surface area contributed by atoms with E-state index in [1.165, 1.54) is 14.7 Å². The predicted molar refractivity (Wildman–Crippen MR) is 402 cm³/mol. The molecule has 0 saturated carbocycles. The van der Waals surface area contributed by atoms with Crippen LogP contribution in [0.2, 0.25) is 0 Å². The number of ether oxygens (including phenoxy) is 9. The average Bonchev–Trinajstić information content (AvgIpc) is 0.759. The quantitative estimate of drug-likeness (QED) is 0.0728. The van der Waals surface area contributed by atoms with Crippen molar-refractivity contribution in [1.82, 2.24) is 19.6 Å². The number of aliphatic hydroxyl groups is 3. The predicted octanol–water partition coefficient (Wildman–Crippen LogP) is 16.2. The minimum absolute atomic E-state index is 0.00234. The van der Waals surface area contributed by atoms with Crippen LogP contribution >= 0.6 is 0 Å². The summed E-state index contributed by atoms with van der Waals surface area (Å²) in [4.78, 5) is 70.7. The van der Waals surface area contributed by atoms with Gasteiger partial charge in [-0.05, 0) is 183 Å². The Morgan fingerprint density at radius 2 is 0.724 bits per heavy atom. The number of piperidine rings is 1. The van der Waals surface area contributed by atoms with Crippen molar-refractivity contribution >= 4 is 64.7 Å². The van der Waals surface area contributed by atoms with Gasteiger partial charge >= 0.3 is 30.5 Å². The number of fused-ring (bicyclic) bond motifs is 6. The summed E-state index contributed by atoms with van der Waals surface area (Å²) in [5.74, 6) is 4.71. The molecule has 2 unspecified atom stereocenters. The number of nitrogens with one attached hydrogen (secondary N) is 1. The molecule has 1 saturated heterocycles. The second-order valence-corrected chi connectivity index (χ2v) is 30.7. The second-order valence-electron chi connectivity index (χ2n) is 30.7. The molecule has 7 aliphatic rings. The minimum Gasteiger partial charge on any atom is -0.453 e. The Kier molecular flexibility index (Phi) is 25.2. The van der Waals surface area contributed by atoms with Crippen LogP contribution in [0.1, 0.15) is 104 Å². The molecule has 7 aliphatic heterocycles. The fourth-order valence-electron chi connectivity index (χ4n) is 11.6. The van der Waals surface area contributed by atoms with Gasteiger partial charge in [-0.2, -0.15) is 0 Å². The lowest BCUT2D eigenvalue weighted by Crippen LogP contribution is -2.62. The number of rotatable bonds is 3. The van der Waals surface area contributed by atoms with E-state index >= 15 is 0 Å². The highest BCUT2D eigenvalue weighted by atomic mass is 16.7. The van der Waals surface area contributed by atoms with Gasteiger partial charge in [0, 0.05) is 32.7 Å². The highest BCUT2D eigenvalue weighted by molar-refractivity contribution is 5.81. The first-order chi connectivity index (χ1) is 49.4. The van der Waals surface area contributed by atoms with Crippen molar-refractivity contribution in [3.63, 3.8) is 0 Å². The van der Waals surface area contributed by atoms with Crippen LogP contribution in [0.4, 0.5) is 58.1 Å². The smallest absolute Gasteiger partial charge is 0.453 e. The second kappa shape index (κ2) is 33.6. The van der Waals surface area contributed by atoms with Gasteiger partial charge in [-0.1, -0.05) is 103 Å². The maximum absolute atomic E-state index is 12.7. The Morgan fingerprint density at radius 1 is 0.381 bits per heavy atom. The van der Waals surface area contributed by atoms with E-state index in [0.717, 1.165) is 57.1 Å². The fraction of sp³-hybridized carbons (Fsp3) is 0.420. The van der Waals surface area contributed by atoms with Gasteiger partial charge in [0.15, 0.2) is 34.5 Å². The number of nitrogens with zero attached hydrogens (tertiary/aromatic N) is 6. The third kappa shape index (κ3) is 22.5. The van der Waals surface area contributed by atoms with Gasteiger partial charge in [-0.25, -0.2) is 24.0 Å². The maximum Gasteiger partial charge on any atom is 0.509 e. The lowest BCUT2D eigenvalue weighted by Gasteiger charge is -2.46. The summed E-state index contributed by atoms with van der Waals surface area (Å²) >= 11 is 0. The monoisotopic (exact) mass is 1440 g/mol. The zero-order chi connectivity index (χ0) is 76.2. The first-order valence-corrected chi connectivity index (χ1v) is 35.2. The van der Waals surface area contributed by atoms with Gasteiger partial charge in [0.25, 0.3) is 0 Å². The van der Waals surface area contributed by atoms with Crippen molar-refractivity contribution in [3.8, 4) is 34.5 Å². The number of carbonyl (C=O) groups excluding carboxylic acids is 5. The number of likely N-dealkylation sites (tertiary alicyclic amines) is 1. The molecule has 0 radical (unpaired) electrons. The molecule has 6 atom stereocenters. The topological polar surface area (TPSA) is 261 Å². The van der Waals surface area contributed by atoms with Crippen LogP contribution in [0, 0.1) is 0 Å². The molecule has 105 heavy (non-hydrogen) atoms. The van der Waals surface area contributed by atoms with Crippen LogP contribution in [-0.4, -0.2) is 182 Å². The molecular weight excluding hydrogens is 1340 g/mol. The maximum atomic E-state index is 12.7. The fourth-order valence-corrected chi connectivity index (χ4v) is 11.6. The number of aliphatic hydroxyl groups excluding tert-OH is 3. The Bertz CT molecular complexity index is 3910. The molecule has 13 rings (SSSR count). The molecule has 6 aromatic rings. The first-order valence-electron chi connectivity index (χ1n) is 35.2. The molecule has 24 heteroatoms. The van der Waals surface area contributed by atoms with Crippen LogP contribution in [0.25, 0.3) is 0 Å². The standard InChI is InChI=1S/C22H26N2O5.C22H24N2O3.C15H25NO5.C12H9NO.C10H17NO3/c1-22(2,3)29-21(27)23-12-16(20(26)17(25)13-23)24-14-8-4-6-10-18(14)28-19-11-7-5-9-15(19)24;1-22(2,3)27-21(25)23-14-8-9-16(15-23)24-17-10-4-6-12-19(17)26-20-13-7-5-11-18(20)24;1-14(2,3)20-12(17)16-9-7-8-11(10-16)19-13(18)21-15(4,5)6;1-3-7-11-9(5-1)13-10-6-2-4-8-12(10)14-11;1-10(2,3)14-9(13)11-6-4-5-8(12)7-11/h4-11,16-17,20,25-26H,12-13H2,1-3H3;4-13,16H,14-15H2,1-3H3;7-8,11H,9-10H2,1-6H3;1-8,13H;4-5,8,12H,6-7H2,1-3H3/t16-,17-,20+;16-;;;/m01.../s1. The van der Waals surface area contributed by atoms with E-state index < -0.39 is 76.8 Å². The number of β-amino-alcohol motifs (C(OH)–C–C–N with tert-alkyl or cyclic N) is 2.